The summed E-state index contributed by atoms with van der Waals surface area (Å²) in [6, 6.07) is 13.3. The number of phenols is 1. The fourth-order valence-corrected chi connectivity index (χ4v) is 3.62. The molecule has 5 nitrogen and oxygen atoms in total. The fraction of sp³-hybridized carbons (Fsp3) is 0.348. The van der Waals surface area contributed by atoms with Crippen LogP contribution in [0.25, 0.3) is 0 Å². The first-order valence-corrected chi connectivity index (χ1v) is 9.66. The van der Waals surface area contributed by atoms with Gasteiger partial charge in [-0.25, -0.2) is 0 Å². The van der Waals surface area contributed by atoms with Crippen LogP contribution in [0.15, 0.2) is 47.9 Å². The number of allylic oxidation sites excluding steroid dienone is 1. The van der Waals surface area contributed by atoms with Crippen LogP contribution >= 0.6 is 0 Å². The van der Waals surface area contributed by atoms with Crippen molar-refractivity contribution in [2.24, 2.45) is 5.73 Å². The number of aromatic hydroxyl groups is 1. The summed E-state index contributed by atoms with van der Waals surface area (Å²) >= 11 is 0. The van der Waals surface area contributed by atoms with Gasteiger partial charge in [-0.3, -0.25) is 0 Å². The lowest BCUT2D eigenvalue weighted by molar-refractivity contribution is 0.387. The van der Waals surface area contributed by atoms with Gasteiger partial charge in [0.15, 0.2) is 0 Å². The molecule has 1 heterocycles. The van der Waals surface area contributed by atoms with E-state index >= 15 is 0 Å². The Morgan fingerprint density at radius 2 is 1.93 bits per heavy atom. The second-order valence-corrected chi connectivity index (χ2v) is 7.03. The number of aryl methyl sites for hydroxylation is 1. The number of nitriles is 1. The van der Waals surface area contributed by atoms with Gasteiger partial charge in [-0.05, 0) is 42.2 Å². The summed E-state index contributed by atoms with van der Waals surface area (Å²) < 4.78 is 10.9. The van der Waals surface area contributed by atoms with E-state index in [9.17, 15) is 10.4 Å². The third-order valence-corrected chi connectivity index (χ3v) is 5.17. The van der Waals surface area contributed by atoms with E-state index < -0.39 is 0 Å². The number of nitrogens with zero attached hydrogens (tertiary/aromatic N) is 1. The predicted octanol–water partition coefficient (Wildman–Crippen LogP) is 4.74. The van der Waals surface area contributed by atoms with Gasteiger partial charge in [0.05, 0.1) is 13.0 Å². The van der Waals surface area contributed by atoms with E-state index in [1.165, 1.54) is 12.8 Å². The largest absolute Gasteiger partial charge is 0.508 e. The average Bonchev–Trinajstić information content (AvgIpc) is 2.71. The van der Waals surface area contributed by atoms with E-state index in [0.717, 1.165) is 41.7 Å². The Kier molecular flexibility index (Phi) is 6.10. The molecular weight excluding hydrogens is 352 g/mol. The van der Waals surface area contributed by atoms with Crippen molar-refractivity contribution < 1.29 is 14.6 Å². The maximum absolute atomic E-state index is 10.4. The zero-order valence-electron chi connectivity index (χ0n) is 16.4. The molecule has 5 heteroatoms. The molecular formula is C23H26N2O3. The van der Waals surface area contributed by atoms with Crippen molar-refractivity contribution in [1.82, 2.24) is 0 Å². The van der Waals surface area contributed by atoms with Crippen LogP contribution < -0.4 is 15.2 Å². The number of phenolic OH excluding ortho intramolecular Hbond substituents is 1. The molecule has 0 saturated carbocycles. The Balaban J connectivity index is 2.02. The Morgan fingerprint density at radius 1 is 1.18 bits per heavy atom. The lowest BCUT2D eigenvalue weighted by Gasteiger charge is -2.27. The number of rotatable bonds is 7. The van der Waals surface area contributed by atoms with Crippen molar-refractivity contribution in [3.63, 3.8) is 0 Å². The number of unbranched alkanes of at least 4 members (excludes halogenated alkanes) is 3. The molecule has 1 atom stereocenters. The minimum Gasteiger partial charge on any atom is -0.508 e. The highest BCUT2D eigenvalue weighted by Crippen LogP contribution is 2.44. The monoisotopic (exact) mass is 378 g/mol. The quantitative estimate of drug-likeness (QED) is 0.679. The van der Waals surface area contributed by atoms with Gasteiger partial charge < -0.3 is 20.3 Å². The minimum absolute atomic E-state index is 0.0749. The molecule has 0 spiro atoms. The standard InChI is InChI=1S/C23H26N2O3/c1-3-4-5-6-7-16-12-18-21(13-20(16)26)28-23(25)19(14-24)22(18)15-8-10-17(27-2)11-9-15/h8-13,22,26H,3-7,25H2,1-2H3. The van der Waals surface area contributed by atoms with Gasteiger partial charge in [0.2, 0.25) is 5.88 Å². The Labute approximate surface area is 166 Å². The molecule has 0 fully saturated rings. The Morgan fingerprint density at radius 3 is 2.57 bits per heavy atom. The molecule has 146 valence electrons. The van der Waals surface area contributed by atoms with Gasteiger partial charge in [0.25, 0.3) is 0 Å². The lowest BCUT2D eigenvalue weighted by atomic mass is 9.82. The molecule has 0 radical (unpaired) electrons. The topological polar surface area (TPSA) is 88.5 Å². The number of methoxy groups -OCH3 is 1. The molecule has 2 aromatic carbocycles. The number of ether oxygens (including phenoxy) is 2. The molecule has 0 aliphatic carbocycles. The van der Waals surface area contributed by atoms with Crippen molar-refractivity contribution in [1.29, 1.82) is 5.26 Å². The first-order chi connectivity index (χ1) is 13.6. The van der Waals surface area contributed by atoms with Gasteiger partial charge >= 0.3 is 0 Å². The molecule has 1 aliphatic heterocycles. The van der Waals surface area contributed by atoms with E-state index in [4.69, 9.17) is 15.2 Å². The summed E-state index contributed by atoms with van der Waals surface area (Å²) in [6.07, 6.45) is 5.27. The zero-order valence-corrected chi connectivity index (χ0v) is 16.4. The number of benzene rings is 2. The van der Waals surface area contributed by atoms with Crippen LogP contribution in [0.2, 0.25) is 0 Å². The van der Waals surface area contributed by atoms with E-state index in [1.807, 2.05) is 30.3 Å². The molecule has 0 saturated heterocycles. The molecule has 1 unspecified atom stereocenters. The molecule has 2 aromatic rings. The van der Waals surface area contributed by atoms with Crippen molar-refractivity contribution in [2.75, 3.05) is 7.11 Å². The minimum atomic E-state index is -0.338. The van der Waals surface area contributed by atoms with Gasteiger partial charge in [-0.15, -0.1) is 0 Å². The van der Waals surface area contributed by atoms with E-state index in [0.29, 0.717) is 11.3 Å². The SMILES string of the molecule is CCCCCCc1cc2c(cc1O)OC(N)=C(C#N)C2c1ccc(OC)cc1. The van der Waals surface area contributed by atoms with Crippen LogP contribution in [0.4, 0.5) is 0 Å². The smallest absolute Gasteiger partial charge is 0.205 e. The van der Waals surface area contributed by atoms with Crippen molar-refractivity contribution in [3.05, 3.63) is 64.5 Å². The maximum atomic E-state index is 10.4. The van der Waals surface area contributed by atoms with Crippen LogP contribution in [0.5, 0.6) is 17.2 Å². The van der Waals surface area contributed by atoms with E-state index in [2.05, 4.69) is 13.0 Å². The number of nitrogens with two attached hydrogens (primary N) is 1. The highest BCUT2D eigenvalue weighted by atomic mass is 16.5. The predicted molar refractivity (Wildman–Crippen MR) is 108 cm³/mol. The molecule has 0 bridgehead atoms. The highest BCUT2D eigenvalue weighted by Gasteiger charge is 2.31. The Bertz CT molecular complexity index is 911. The number of fused-ring (bicyclic) bond motifs is 1. The van der Waals surface area contributed by atoms with Crippen molar-refractivity contribution in [3.8, 4) is 23.3 Å². The Hall–Kier alpha value is -3.13. The summed E-state index contributed by atoms with van der Waals surface area (Å²) in [7, 11) is 1.62. The van der Waals surface area contributed by atoms with Crippen LogP contribution in [-0.2, 0) is 6.42 Å². The van der Waals surface area contributed by atoms with Crippen molar-refractivity contribution >= 4 is 0 Å². The summed E-state index contributed by atoms with van der Waals surface area (Å²) in [6.45, 7) is 2.17. The average molecular weight is 378 g/mol. The fourth-order valence-electron chi connectivity index (χ4n) is 3.62. The first-order valence-electron chi connectivity index (χ1n) is 9.66. The molecule has 0 aromatic heterocycles. The second kappa shape index (κ2) is 8.71. The van der Waals surface area contributed by atoms with Gasteiger partial charge in [0, 0.05) is 11.6 Å². The number of hydrogen-bond acceptors (Lipinski definition) is 5. The molecule has 1 aliphatic rings. The van der Waals surface area contributed by atoms with E-state index in [1.54, 1.807) is 13.2 Å². The molecule has 28 heavy (non-hydrogen) atoms. The van der Waals surface area contributed by atoms with Crippen LogP contribution in [0.3, 0.4) is 0 Å². The normalized spacial score (nSPS) is 15.5. The third-order valence-electron chi connectivity index (χ3n) is 5.17. The summed E-state index contributed by atoms with van der Waals surface area (Å²) in [4.78, 5) is 0. The van der Waals surface area contributed by atoms with Gasteiger partial charge in [-0.2, -0.15) is 5.26 Å². The van der Waals surface area contributed by atoms with E-state index in [-0.39, 0.29) is 17.6 Å². The number of hydrogen-bond donors (Lipinski definition) is 2. The summed E-state index contributed by atoms with van der Waals surface area (Å²) in [5.74, 6) is 1.18. The zero-order chi connectivity index (χ0) is 20.1. The highest BCUT2D eigenvalue weighted by molar-refractivity contribution is 5.59. The second-order valence-electron chi connectivity index (χ2n) is 7.03. The molecule has 0 amide bonds. The van der Waals surface area contributed by atoms with Crippen LogP contribution in [0, 0.1) is 11.3 Å². The maximum Gasteiger partial charge on any atom is 0.205 e. The van der Waals surface area contributed by atoms with Crippen molar-refractivity contribution in [2.45, 2.75) is 44.9 Å². The van der Waals surface area contributed by atoms with Gasteiger partial charge in [0.1, 0.15) is 28.9 Å². The van der Waals surface area contributed by atoms with Crippen LogP contribution in [0.1, 0.15) is 55.2 Å². The van der Waals surface area contributed by atoms with Crippen LogP contribution in [-0.4, -0.2) is 12.2 Å². The third kappa shape index (κ3) is 3.91. The van der Waals surface area contributed by atoms with Gasteiger partial charge in [-0.1, -0.05) is 38.3 Å². The lowest BCUT2D eigenvalue weighted by Crippen LogP contribution is -2.21. The summed E-state index contributed by atoms with van der Waals surface area (Å²) in [5, 5.41) is 20.1. The first kappa shape index (κ1) is 19.6. The molecule has 3 N–H and O–H groups in total. The molecule has 3 rings (SSSR count). The summed E-state index contributed by atoms with van der Waals surface area (Å²) in [5.41, 5.74) is 9.03.